The Bertz CT molecular complexity index is 1030. The number of nitrogens with one attached hydrogen (secondary N) is 1. The third-order valence-corrected chi connectivity index (χ3v) is 4.61. The summed E-state index contributed by atoms with van der Waals surface area (Å²) in [6, 6.07) is 16.7. The molecule has 8 nitrogen and oxygen atoms in total. The van der Waals surface area contributed by atoms with Crippen molar-refractivity contribution < 1.29 is 19.5 Å². The fourth-order valence-corrected chi connectivity index (χ4v) is 2.92. The van der Waals surface area contributed by atoms with E-state index in [1.54, 1.807) is 23.9 Å². The summed E-state index contributed by atoms with van der Waals surface area (Å²) in [5, 5.41) is 14.8. The Morgan fingerprint density at radius 3 is 2.43 bits per heavy atom. The quantitative estimate of drug-likeness (QED) is 0.463. The fraction of sp³-hybridized carbons (Fsp3) is 0.190. The lowest BCUT2D eigenvalue weighted by Gasteiger charge is -2.12. The highest BCUT2D eigenvalue weighted by molar-refractivity contribution is 6.30. The average molecular weight is 429 g/mol. The van der Waals surface area contributed by atoms with Crippen LogP contribution in [-0.2, 0) is 16.0 Å². The van der Waals surface area contributed by atoms with Crippen LogP contribution >= 0.6 is 11.6 Å². The molecule has 2 aromatic carbocycles. The molecule has 9 heteroatoms. The summed E-state index contributed by atoms with van der Waals surface area (Å²) in [6.07, 6.45) is 0.366. The molecule has 0 bridgehead atoms. The van der Waals surface area contributed by atoms with Gasteiger partial charge in [0.1, 0.15) is 5.75 Å². The Balaban J connectivity index is 1.87. The summed E-state index contributed by atoms with van der Waals surface area (Å²) in [5.41, 5.74) is 5.34. The molecule has 2 N–H and O–H groups in total. The van der Waals surface area contributed by atoms with E-state index in [4.69, 9.17) is 16.3 Å². The number of hydrazine groups is 1. The number of methoxy groups -OCH3 is 1. The summed E-state index contributed by atoms with van der Waals surface area (Å²) >= 11 is 6.01. The number of halogens is 1. The number of ether oxygens (including phenoxy) is 1. The lowest BCUT2D eigenvalue weighted by Crippen LogP contribution is -2.42. The van der Waals surface area contributed by atoms with Crippen molar-refractivity contribution in [2.75, 3.05) is 7.11 Å². The molecule has 0 fully saturated rings. The Morgan fingerprint density at radius 1 is 1.17 bits per heavy atom. The molecular weight excluding hydrogens is 408 g/mol. The van der Waals surface area contributed by atoms with Crippen LogP contribution in [0.25, 0.3) is 16.9 Å². The summed E-state index contributed by atoms with van der Waals surface area (Å²) in [6.45, 7) is 1.13. The Kier molecular flexibility index (Phi) is 6.71. The predicted octanol–water partition coefficient (Wildman–Crippen LogP) is 3.40. The SMILES string of the molecule is COc1ccc(-n2nc(CCC(=O)NN(O)C(C)=O)cc2-c2ccc(Cl)cc2)cc1. The molecule has 1 aromatic heterocycles. The van der Waals surface area contributed by atoms with Gasteiger partial charge in [-0.15, -0.1) is 5.17 Å². The van der Waals surface area contributed by atoms with Crippen LogP contribution in [0, 0.1) is 0 Å². The van der Waals surface area contributed by atoms with Crippen LogP contribution in [0.5, 0.6) is 5.75 Å². The molecular formula is C21H21ClN4O4. The van der Waals surface area contributed by atoms with Gasteiger partial charge in [0.25, 0.3) is 5.91 Å². The van der Waals surface area contributed by atoms with Gasteiger partial charge in [0.05, 0.1) is 24.2 Å². The van der Waals surface area contributed by atoms with E-state index in [0.717, 1.165) is 29.6 Å². The summed E-state index contributed by atoms with van der Waals surface area (Å²) in [7, 11) is 1.60. The summed E-state index contributed by atoms with van der Waals surface area (Å²) in [4.78, 5) is 23.0. The first kappa shape index (κ1) is 21.4. The number of nitrogens with zero attached hydrogens (tertiary/aromatic N) is 3. The van der Waals surface area contributed by atoms with Gasteiger partial charge < -0.3 is 4.74 Å². The van der Waals surface area contributed by atoms with Gasteiger partial charge in [-0.1, -0.05) is 23.7 Å². The average Bonchev–Trinajstić information content (AvgIpc) is 3.17. The standard InChI is InChI=1S/C21H21ClN4O4/c1-14(27)26(29)24-21(28)12-7-17-13-20(15-3-5-16(22)6-4-15)25(23-17)18-8-10-19(30-2)11-9-18/h3-6,8-11,13,29H,7,12H2,1-2H3,(H,24,28). The number of aryl methyl sites for hydroxylation is 1. The van der Waals surface area contributed by atoms with Crippen molar-refractivity contribution in [3.63, 3.8) is 0 Å². The van der Waals surface area contributed by atoms with E-state index in [1.807, 2.05) is 42.5 Å². The molecule has 3 rings (SSSR count). The van der Waals surface area contributed by atoms with Crippen molar-refractivity contribution in [3.8, 4) is 22.7 Å². The van der Waals surface area contributed by atoms with Crippen molar-refractivity contribution in [1.82, 2.24) is 20.4 Å². The molecule has 156 valence electrons. The second-order valence-corrected chi connectivity index (χ2v) is 6.94. The van der Waals surface area contributed by atoms with Crippen molar-refractivity contribution in [3.05, 3.63) is 65.3 Å². The highest BCUT2D eigenvalue weighted by Gasteiger charge is 2.15. The number of hydrogen-bond acceptors (Lipinski definition) is 5. The second-order valence-electron chi connectivity index (χ2n) is 6.50. The van der Waals surface area contributed by atoms with Crippen LogP contribution in [0.2, 0.25) is 5.02 Å². The van der Waals surface area contributed by atoms with Gasteiger partial charge >= 0.3 is 0 Å². The Hall–Kier alpha value is -3.36. The number of aromatic nitrogens is 2. The molecule has 0 unspecified atom stereocenters. The zero-order valence-corrected chi connectivity index (χ0v) is 17.3. The third kappa shape index (κ3) is 5.16. The largest absolute Gasteiger partial charge is 0.497 e. The molecule has 2 amide bonds. The maximum atomic E-state index is 11.9. The number of hydrogen-bond donors (Lipinski definition) is 2. The molecule has 1 heterocycles. The highest BCUT2D eigenvalue weighted by Crippen LogP contribution is 2.27. The van der Waals surface area contributed by atoms with Crippen molar-refractivity contribution in [2.24, 2.45) is 0 Å². The fourth-order valence-electron chi connectivity index (χ4n) is 2.79. The number of carbonyl (C=O) groups excluding carboxylic acids is 2. The molecule has 0 spiro atoms. The van der Waals surface area contributed by atoms with Crippen molar-refractivity contribution in [1.29, 1.82) is 0 Å². The van der Waals surface area contributed by atoms with Crippen LogP contribution in [0.3, 0.4) is 0 Å². The molecule has 0 aliphatic rings. The van der Waals surface area contributed by atoms with Gasteiger partial charge in [-0.25, -0.2) is 10.1 Å². The molecule has 0 atom stereocenters. The molecule has 0 saturated heterocycles. The third-order valence-electron chi connectivity index (χ3n) is 4.35. The lowest BCUT2D eigenvalue weighted by atomic mass is 10.1. The van der Waals surface area contributed by atoms with Crippen LogP contribution in [0.1, 0.15) is 19.0 Å². The van der Waals surface area contributed by atoms with Crippen molar-refractivity contribution in [2.45, 2.75) is 19.8 Å². The van der Waals surface area contributed by atoms with Crippen molar-refractivity contribution >= 4 is 23.4 Å². The van der Waals surface area contributed by atoms with Gasteiger partial charge in [-0.05, 0) is 42.5 Å². The highest BCUT2D eigenvalue weighted by atomic mass is 35.5. The molecule has 3 aromatic rings. The van der Waals surface area contributed by atoms with E-state index in [0.29, 0.717) is 17.1 Å². The van der Waals surface area contributed by atoms with Gasteiger partial charge in [0.2, 0.25) is 5.91 Å². The molecule has 30 heavy (non-hydrogen) atoms. The first-order chi connectivity index (χ1) is 14.4. The van der Waals surface area contributed by atoms with E-state index in [-0.39, 0.29) is 11.6 Å². The van der Waals surface area contributed by atoms with Crippen LogP contribution < -0.4 is 10.2 Å². The van der Waals surface area contributed by atoms with E-state index >= 15 is 0 Å². The topological polar surface area (TPSA) is 96.7 Å². The van der Waals surface area contributed by atoms with Gasteiger partial charge in [-0.2, -0.15) is 5.10 Å². The zero-order valence-electron chi connectivity index (χ0n) is 16.5. The van der Waals surface area contributed by atoms with Gasteiger partial charge in [0, 0.05) is 30.4 Å². The van der Waals surface area contributed by atoms with Gasteiger partial charge in [0.15, 0.2) is 0 Å². The number of amides is 2. The first-order valence-corrected chi connectivity index (χ1v) is 9.53. The monoisotopic (exact) mass is 428 g/mol. The lowest BCUT2D eigenvalue weighted by molar-refractivity contribution is -0.181. The van der Waals surface area contributed by atoms with E-state index < -0.39 is 11.8 Å². The maximum Gasteiger partial charge on any atom is 0.263 e. The van der Waals surface area contributed by atoms with Crippen LogP contribution in [-0.4, -0.2) is 39.1 Å². The van der Waals surface area contributed by atoms with E-state index in [1.165, 1.54) is 0 Å². The molecule has 0 saturated carbocycles. The first-order valence-electron chi connectivity index (χ1n) is 9.15. The molecule has 0 aliphatic heterocycles. The number of hydroxylamine groups is 1. The van der Waals surface area contributed by atoms with Crippen LogP contribution in [0.4, 0.5) is 0 Å². The minimum Gasteiger partial charge on any atom is -0.497 e. The maximum absolute atomic E-state index is 11.9. The van der Waals surface area contributed by atoms with E-state index in [2.05, 4.69) is 10.5 Å². The number of benzene rings is 2. The summed E-state index contributed by atoms with van der Waals surface area (Å²) in [5.74, 6) is -0.452. The minimum atomic E-state index is -0.683. The number of carbonyl (C=O) groups is 2. The van der Waals surface area contributed by atoms with E-state index in [9.17, 15) is 14.8 Å². The number of rotatable bonds is 6. The Labute approximate surface area is 178 Å². The van der Waals surface area contributed by atoms with Crippen LogP contribution in [0.15, 0.2) is 54.6 Å². The smallest absolute Gasteiger partial charge is 0.263 e. The molecule has 0 aliphatic carbocycles. The normalized spacial score (nSPS) is 10.5. The Morgan fingerprint density at radius 2 is 1.83 bits per heavy atom. The second kappa shape index (κ2) is 9.43. The minimum absolute atomic E-state index is 0.0457. The summed E-state index contributed by atoms with van der Waals surface area (Å²) < 4.78 is 7.00. The zero-order chi connectivity index (χ0) is 21.7. The van der Waals surface area contributed by atoms with Gasteiger partial charge in [-0.3, -0.25) is 14.8 Å². The molecule has 0 radical (unpaired) electrons. The predicted molar refractivity (Wildman–Crippen MR) is 111 cm³/mol.